The van der Waals surface area contributed by atoms with Crippen molar-refractivity contribution in [3.63, 3.8) is 0 Å². The highest BCUT2D eigenvalue weighted by molar-refractivity contribution is 5.67. The summed E-state index contributed by atoms with van der Waals surface area (Å²) in [6.07, 6.45) is 6.10. The summed E-state index contributed by atoms with van der Waals surface area (Å²) in [4.78, 5) is 14.1. The summed E-state index contributed by atoms with van der Waals surface area (Å²) in [6, 6.07) is 18.1. The quantitative estimate of drug-likeness (QED) is 0.858. The van der Waals surface area contributed by atoms with E-state index >= 15 is 0 Å². The number of nitrogens with one attached hydrogen (secondary N) is 1. The standard InChI is InChI=1S/C21H24N2O2/c24-21(25-17-19-8-2-1-3-9-19)22-13-7-11-18-10-6-12-20(16-18)23-14-4-5-15-23/h1-3,6-12,16H,4-5,13-15,17H2,(H,22,24). The maximum atomic E-state index is 11.7. The molecule has 25 heavy (non-hydrogen) atoms. The zero-order valence-corrected chi connectivity index (χ0v) is 14.4. The lowest BCUT2D eigenvalue weighted by Crippen LogP contribution is -2.24. The second kappa shape index (κ2) is 8.92. The molecule has 0 unspecified atom stereocenters. The van der Waals surface area contributed by atoms with Gasteiger partial charge in [-0.1, -0.05) is 54.6 Å². The van der Waals surface area contributed by atoms with Gasteiger partial charge < -0.3 is 15.0 Å². The molecule has 1 heterocycles. The monoisotopic (exact) mass is 336 g/mol. The van der Waals surface area contributed by atoms with Crippen molar-refractivity contribution in [1.29, 1.82) is 0 Å². The van der Waals surface area contributed by atoms with Crippen molar-refractivity contribution >= 4 is 17.9 Å². The molecule has 0 saturated carbocycles. The molecule has 130 valence electrons. The van der Waals surface area contributed by atoms with Gasteiger partial charge in [0.2, 0.25) is 0 Å². The molecule has 0 bridgehead atoms. The van der Waals surface area contributed by atoms with Crippen LogP contribution < -0.4 is 10.2 Å². The van der Waals surface area contributed by atoms with Gasteiger partial charge in [0.15, 0.2) is 0 Å². The summed E-state index contributed by atoms with van der Waals surface area (Å²) < 4.78 is 5.18. The Bertz CT molecular complexity index is 707. The largest absolute Gasteiger partial charge is 0.445 e. The first-order valence-corrected chi connectivity index (χ1v) is 8.77. The van der Waals surface area contributed by atoms with Crippen LogP contribution in [-0.2, 0) is 11.3 Å². The molecule has 1 fully saturated rings. The second-order valence-corrected chi connectivity index (χ2v) is 6.13. The zero-order valence-electron chi connectivity index (χ0n) is 14.4. The van der Waals surface area contributed by atoms with Gasteiger partial charge in [-0.05, 0) is 36.1 Å². The minimum absolute atomic E-state index is 0.286. The van der Waals surface area contributed by atoms with Crippen LogP contribution in [-0.4, -0.2) is 25.7 Å². The van der Waals surface area contributed by atoms with Crippen molar-refractivity contribution in [2.75, 3.05) is 24.5 Å². The molecule has 1 saturated heterocycles. The topological polar surface area (TPSA) is 41.6 Å². The molecular formula is C21H24N2O2. The Morgan fingerprint density at radius 2 is 1.88 bits per heavy atom. The van der Waals surface area contributed by atoms with Crippen LogP contribution in [0, 0.1) is 0 Å². The fraction of sp³-hybridized carbons (Fsp3) is 0.286. The van der Waals surface area contributed by atoms with Gasteiger partial charge in [0.1, 0.15) is 6.61 Å². The number of ether oxygens (including phenoxy) is 1. The number of amides is 1. The number of carbonyl (C=O) groups is 1. The van der Waals surface area contributed by atoms with Crippen LogP contribution in [0.4, 0.5) is 10.5 Å². The van der Waals surface area contributed by atoms with Crippen LogP contribution in [0.15, 0.2) is 60.7 Å². The number of benzene rings is 2. The molecular weight excluding hydrogens is 312 g/mol. The van der Waals surface area contributed by atoms with Crippen LogP contribution >= 0.6 is 0 Å². The highest BCUT2D eigenvalue weighted by Gasteiger charge is 2.11. The normalized spacial score (nSPS) is 14.0. The van der Waals surface area contributed by atoms with Crippen LogP contribution in [0.3, 0.4) is 0 Å². The molecule has 0 spiro atoms. The predicted molar refractivity (Wildman–Crippen MR) is 102 cm³/mol. The van der Waals surface area contributed by atoms with Crippen LogP contribution in [0.2, 0.25) is 0 Å². The molecule has 0 atom stereocenters. The van der Waals surface area contributed by atoms with Crippen molar-refractivity contribution < 1.29 is 9.53 Å². The van der Waals surface area contributed by atoms with Gasteiger partial charge in [-0.25, -0.2) is 4.79 Å². The van der Waals surface area contributed by atoms with Gasteiger partial charge in [0.05, 0.1) is 0 Å². The van der Waals surface area contributed by atoms with E-state index in [-0.39, 0.29) is 6.61 Å². The molecule has 2 aromatic carbocycles. The van der Waals surface area contributed by atoms with Crippen molar-refractivity contribution in [2.24, 2.45) is 0 Å². The maximum absolute atomic E-state index is 11.7. The van der Waals surface area contributed by atoms with Crippen molar-refractivity contribution in [1.82, 2.24) is 5.32 Å². The minimum Gasteiger partial charge on any atom is -0.445 e. The van der Waals surface area contributed by atoms with Gasteiger partial charge >= 0.3 is 6.09 Å². The lowest BCUT2D eigenvalue weighted by Gasteiger charge is -2.17. The molecule has 4 heteroatoms. The fourth-order valence-electron chi connectivity index (χ4n) is 2.91. The minimum atomic E-state index is -0.403. The maximum Gasteiger partial charge on any atom is 0.407 e. The second-order valence-electron chi connectivity index (χ2n) is 6.13. The van der Waals surface area contributed by atoms with E-state index in [4.69, 9.17) is 4.74 Å². The smallest absolute Gasteiger partial charge is 0.407 e. The van der Waals surface area contributed by atoms with Gasteiger partial charge in [0.25, 0.3) is 0 Å². The van der Waals surface area contributed by atoms with Crippen LogP contribution in [0.1, 0.15) is 24.0 Å². The van der Waals surface area contributed by atoms with E-state index < -0.39 is 6.09 Å². The first-order valence-electron chi connectivity index (χ1n) is 8.77. The average Bonchev–Trinajstić information content (AvgIpc) is 3.19. The third-order valence-electron chi connectivity index (χ3n) is 4.23. The van der Waals surface area contributed by atoms with E-state index in [1.807, 2.05) is 42.5 Å². The zero-order chi connectivity index (χ0) is 17.3. The van der Waals surface area contributed by atoms with Crippen molar-refractivity contribution in [3.8, 4) is 0 Å². The van der Waals surface area contributed by atoms with Crippen LogP contribution in [0.5, 0.6) is 0 Å². The third kappa shape index (κ3) is 5.38. The molecule has 0 aromatic heterocycles. The summed E-state index contributed by atoms with van der Waals surface area (Å²) in [6.45, 7) is 3.01. The molecule has 1 aliphatic heterocycles. The summed E-state index contributed by atoms with van der Waals surface area (Å²) in [5.41, 5.74) is 3.39. The molecule has 0 aliphatic carbocycles. The SMILES string of the molecule is O=C(NCC=Cc1cccc(N2CCCC2)c1)OCc1ccccc1. The Hall–Kier alpha value is -2.75. The van der Waals surface area contributed by atoms with E-state index in [9.17, 15) is 4.79 Å². The Morgan fingerprint density at radius 3 is 2.68 bits per heavy atom. The number of carbonyl (C=O) groups excluding carboxylic acids is 1. The van der Waals surface area contributed by atoms with Gasteiger partial charge in [0, 0.05) is 25.3 Å². The number of alkyl carbamates (subject to hydrolysis) is 1. The fourth-order valence-corrected chi connectivity index (χ4v) is 2.91. The molecule has 1 N–H and O–H groups in total. The van der Waals surface area contributed by atoms with Crippen molar-refractivity contribution in [3.05, 3.63) is 71.8 Å². The summed E-state index contributed by atoms with van der Waals surface area (Å²) in [7, 11) is 0. The third-order valence-corrected chi connectivity index (χ3v) is 4.23. The molecule has 0 radical (unpaired) electrons. The Balaban J connectivity index is 1.42. The first-order chi connectivity index (χ1) is 12.3. The molecule has 1 amide bonds. The lowest BCUT2D eigenvalue weighted by atomic mass is 10.2. The van der Waals surface area contributed by atoms with Crippen molar-refractivity contribution in [2.45, 2.75) is 19.4 Å². The van der Waals surface area contributed by atoms with Gasteiger partial charge in [-0.2, -0.15) is 0 Å². The van der Waals surface area contributed by atoms with Gasteiger partial charge in [-0.3, -0.25) is 0 Å². The van der Waals surface area contributed by atoms with E-state index in [2.05, 4.69) is 34.5 Å². The Labute approximate surface area is 149 Å². The highest BCUT2D eigenvalue weighted by Crippen LogP contribution is 2.21. The van der Waals surface area contributed by atoms with E-state index in [1.54, 1.807) is 0 Å². The summed E-state index contributed by atoms with van der Waals surface area (Å²) >= 11 is 0. The number of anilines is 1. The Kier molecular flexibility index (Phi) is 6.10. The predicted octanol–water partition coefficient (Wildman–Crippen LogP) is 4.23. The molecule has 4 nitrogen and oxygen atoms in total. The number of nitrogens with zero attached hydrogens (tertiary/aromatic N) is 1. The molecule has 3 rings (SSSR count). The summed E-state index contributed by atoms with van der Waals surface area (Å²) in [5.74, 6) is 0. The summed E-state index contributed by atoms with van der Waals surface area (Å²) in [5, 5.41) is 2.73. The van der Waals surface area contributed by atoms with Crippen LogP contribution in [0.25, 0.3) is 6.08 Å². The van der Waals surface area contributed by atoms with E-state index in [0.717, 1.165) is 24.2 Å². The number of hydrogen-bond donors (Lipinski definition) is 1. The number of hydrogen-bond acceptors (Lipinski definition) is 3. The Morgan fingerprint density at radius 1 is 1.08 bits per heavy atom. The molecule has 1 aliphatic rings. The lowest BCUT2D eigenvalue weighted by molar-refractivity contribution is 0.141. The van der Waals surface area contributed by atoms with E-state index in [1.165, 1.54) is 18.5 Å². The number of rotatable bonds is 6. The van der Waals surface area contributed by atoms with Gasteiger partial charge in [-0.15, -0.1) is 0 Å². The highest BCUT2D eigenvalue weighted by atomic mass is 16.5. The first kappa shape index (κ1) is 17.1. The molecule has 2 aromatic rings. The van der Waals surface area contributed by atoms with E-state index in [0.29, 0.717) is 6.54 Å². The average molecular weight is 336 g/mol.